The van der Waals surface area contributed by atoms with Gasteiger partial charge in [-0.05, 0) is 36.8 Å². The molecule has 1 aromatic heterocycles. The van der Waals surface area contributed by atoms with Crippen molar-refractivity contribution in [2.24, 2.45) is 0 Å². The Morgan fingerprint density at radius 2 is 1.95 bits per heavy atom. The molecular formula is C14H15BrN4O2. The van der Waals surface area contributed by atoms with Crippen molar-refractivity contribution in [1.29, 1.82) is 0 Å². The molecule has 1 aromatic carbocycles. The van der Waals surface area contributed by atoms with Gasteiger partial charge in [-0.1, -0.05) is 22.9 Å². The normalized spacial score (nSPS) is 10.2. The van der Waals surface area contributed by atoms with Crippen molar-refractivity contribution in [1.82, 2.24) is 4.98 Å². The molecule has 7 heteroatoms. The molecule has 0 saturated carbocycles. The molecule has 0 fully saturated rings. The van der Waals surface area contributed by atoms with Crippen LogP contribution in [0, 0.1) is 10.1 Å². The van der Waals surface area contributed by atoms with Crippen LogP contribution in [0.15, 0.2) is 40.9 Å². The number of rotatable bonds is 6. The Balaban J connectivity index is 2.29. The van der Waals surface area contributed by atoms with Crippen LogP contribution in [0.2, 0.25) is 0 Å². The van der Waals surface area contributed by atoms with Crippen LogP contribution in [0.5, 0.6) is 0 Å². The number of halogens is 1. The lowest BCUT2D eigenvalue weighted by molar-refractivity contribution is -0.384. The van der Waals surface area contributed by atoms with E-state index in [2.05, 4.69) is 31.5 Å². The lowest BCUT2D eigenvalue weighted by atomic mass is 10.3. The van der Waals surface area contributed by atoms with E-state index >= 15 is 0 Å². The molecule has 6 nitrogen and oxygen atoms in total. The maximum atomic E-state index is 11.1. The van der Waals surface area contributed by atoms with Crippen LogP contribution in [-0.4, -0.2) is 16.5 Å². The van der Waals surface area contributed by atoms with E-state index < -0.39 is 4.92 Å². The highest BCUT2D eigenvalue weighted by atomic mass is 79.9. The number of hydrogen-bond acceptors (Lipinski definition) is 5. The summed E-state index contributed by atoms with van der Waals surface area (Å²) < 4.78 is 0.939. The van der Waals surface area contributed by atoms with Crippen molar-refractivity contribution in [2.75, 3.05) is 17.2 Å². The van der Waals surface area contributed by atoms with E-state index in [-0.39, 0.29) is 11.5 Å². The summed E-state index contributed by atoms with van der Waals surface area (Å²) in [5.74, 6) is 0.838. The van der Waals surface area contributed by atoms with Crippen molar-refractivity contribution in [3.8, 4) is 0 Å². The second kappa shape index (κ2) is 7.03. The highest BCUT2D eigenvalue weighted by Crippen LogP contribution is 2.27. The standard InChI is InChI=1S/C14H15BrN4O2/c1-2-9-16-13-8-7-12(19(20)21)14(18-13)17-11-5-3-10(15)4-6-11/h3-8H,2,9H2,1H3,(H2,16,17,18). The summed E-state index contributed by atoms with van der Waals surface area (Å²) in [4.78, 5) is 14.9. The van der Waals surface area contributed by atoms with Gasteiger partial charge in [0, 0.05) is 22.8 Å². The van der Waals surface area contributed by atoms with Crippen molar-refractivity contribution >= 4 is 38.9 Å². The predicted octanol–water partition coefficient (Wildman–Crippen LogP) is 4.32. The lowest BCUT2D eigenvalue weighted by Crippen LogP contribution is -2.05. The number of nitro groups is 1. The van der Waals surface area contributed by atoms with Crippen molar-refractivity contribution in [2.45, 2.75) is 13.3 Å². The highest BCUT2D eigenvalue weighted by Gasteiger charge is 2.16. The molecule has 0 bridgehead atoms. The fraction of sp³-hybridized carbons (Fsp3) is 0.214. The summed E-state index contributed by atoms with van der Waals surface area (Å²) in [6.45, 7) is 2.81. The van der Waals surface area contributed by atoms with E-state index in [0.717, 1.165) is 23.1 Å². The van der Waals surface area contributed by atoms with Crippen molar-refractivity contribution in [3.05, 3.63) is 51.0 Å². The van der Waals surface area contributed by atoms with Crippen molar-refractivity contribution in [3.63, 3.8) is 0 Å². The van der Waals surface area contributed by atoms with E-state index in [1.54, 1.807) is 6.07 Å². The molecule has 0 radical (unpaired) electrons. The molecule has 0 aliphatic heterocycles. The van der Waals surface area contributed by atoms with Gasteiger partial charge in [0.25, 0.3) is 0 Å². The van der Waals surface area contributed by atoms with Crippen LogP contribution in [0.25, 0.3) is 0 Å². The Kier molecular flexibility index (Phi) is 5.10. The maximum Gasteiger partial charge on any atom is 0.311 e. The summed E-state index contributed by atoms with van der Waals surface area (Å²) in [6.07, 6.45) is 0.953. The molecule has 110 valence electrons. The second-order valence-corrected chi connectivity index (χ2v) is 5.30. The largest absolute Gasteiger partial charge is 0.370 e. The molecule has 2 aromatic rings. The minimum atomic E-state index is -0.447. The van der Waals surface area contributed by atoms with E-state index in [4.69, 9.17) is 0 Å². The topological polar surface area (TPSA) is 80.1 Å². The molecule has 1 heterocycles. The van der Waals surface area contributed by atoms with Gasteiger partial charge in [-0.15, -0.1) is 0 Å². The first-order valence-electron chi connectivity index (χ1n) is 6.52. The monoisotopic (exact) mass is 350 g/mol. The zero-order valence-electron chi connectivity index (χ0n) is 11.5. The summed E-state index contributed by atoms with van der Waals surface area (Å²) in [6, 6.07) is 10.4. The third-order valence-electron chi connectivity index (χ3n) is 2.73. The quantitative estimate of drug-likeness (QED) is 0.599. The molecular weight excluding hydrogens is 336 g/mol. The molecule has 0 amide bonds. The molecule has 0 spiro atoms. The molecule has 21 heavy (non-hydrogen) atoms. The summed E-state index contributed by atoms with van der Waals surface area (Å²) in [5.41, 5.74) is 0.682. The predicted molar refractivity (Wildman–Crippen MR) is 87.1 cm³/mol. The van der Waals surface area contributed by atoms with Crippen LogP contribution in [0.1, 0.15) is 13.3 Å². The van der Waals surface area contributed by atoms with Gasteiger partial charge in [-0.3, -0.25) is 10.1 Å². The van der Waals surface area contributed by atoms with Gasteiger partial charge in [0.1, 0.15) is 5.82 Å². The number of nitrogens with one attached hydrogen (secondary N) is 2. The third-order valence-corrected chi connectivity index (χ3v) is 3.26. The maximum absolute atomic E-state index is 11.1. The van der Waals surface area contributed by atoms with Gasteiger partial charge < -0.3 is 10.6 Å². The Morgan fingerprint density at radius 3 is 2.57 bits per heavy atom. The van der Waals surface area contributed by atoms with Crippen molar-refractivity contribution < 1.29 is 4.92 Å². The Morgan fingerprint density at radius 1 is 1.24 bits per heavy atom. The third kappa shape index (κ3) is 4.16. The first-order chi connectivity index (χ1) is 10.1. The second-order valence-electron chi connectivity index (χ2n) is 4.38. The van der Waals surface area contributed by atoms with Crippen LogP contribution < -0.4 is 10.6 Å². The Hall–Kier alpha value is -2.15. The van der Waals surface area contributed by atoms with Crippen LogP contribution in [-0.2, 0) is 0 Å². The average molecular weight is 351 g/mol. The number of hydrogen-bond donors (Lipinski definition) is 2. The van der Waals surface area contributed by atoms with Crippen LogP contribution in [0.4, 0.5) is 23.0 Å². The minimum Gasteiger partial charge on any atom is -0.370 e. The van der Waals surface area contributed by atoms with E-state index in [1.807, 2.05) is 31.2 Å². The smallest absolute Gasteiger partial charge is 0.311 e. The van der Waals surface area contributed by atoms with E-state index in [9.17, 15) is 10.1 Å². The molecule has 0 aliphatic carbocycles. The fourth-order valence-corrected chi connectivity index (χ4v) is 1.98. The number of benzene rings is 1. The van der Waals surface area contributed by atoms with Gasteiger partial charge in [-0.2, -0.15) is 0 Å². The first kappa shape index (κ1) is 15.2. The summed E-state index contributed by atoms with van der Waals surface area (Å²) in [5, 5.41) is 17.2. The van der Waals surface area contributed by atoms with Gasteiger partial charge in [0.05, 0.1) is 4.92 Å². The number of pyridine rings is 1. The molecule has 0 saturated heterocycles. The molecule has 0 unspecified atom stereocenters. The highest BCUT2D eigenvalue weighted by molar-refractivity contribution is 9.10. The zero-order chi connectivity index (χ0) is 15.2. The van der Waals surface area contributed by atoms with Gasteiger partial charge in [0.15, 0.2) is 0 Å². The Bertz CT molecular complexity index is 631. The lowest BCUT2D eigenvalue weighted by Gasteiger charge is -2.09. The van der Waals surface area contributed by atoms with Crippen LogP contribution >= 0.6 is 15.9 Å². The molecule has 0 atom stereocenters. The molecule has 0 aliphatic rings. The van der Waals surface area contributed by atoms with E-state index in [0.29, 0.717) is 5.82 Å². The number of anilines is 3. The molecule has 2 N–H and O–H groups in total. The van der Waals surface area contributed by atoms with Gasteiger partial charge in [0.2, 0.25) is 5.82 Å². The minimum absolute atomic E-state index is 0.0556. The van der Waals surface area contributed by atoms with Crippen LogP contribution in [0.3, 0.4) is 0 Å². The summed E-state index contributed by atoms with van der Waals surface area (Å²) in [7, 11) is 0. The number of aromatic nitrogens is 1. The number of nitrogens with zero attached hydrogens (tertiary/aromatic N) is 2. The zero-order valence-corrected chi connectivity index (χ0v) is 13.1. The van der Waals surface area contributed by atoms with Gasteiger partial charge in [-0.25, -0.2) is 4.98 Å². The Labute approximate surface area is 130 Å². The van der Waals surface area contributed by atoms with Gasteiger partial charge >= 0.3 is 5.69 Å². The average Bonchev–Trinajstić information content (AvgIpc) is 2.47. The summed E-state index contributed by atoms with van der Waals surface area (Å²) >= 11 is 3.35. The first-order valence-corrected chi connectivity index (χ1v) is 7.31. The molecule has 2 rings (SSSR count). The fourth-order valence-electron chi connectivity index (χ4n) is 1.71. The van der Waals surface area contributed by atoms with E-state index in [1.165, 1.54) is 6.07 Å². The SMILES string of the molecule is CCCNc1ccc([N+](=O)[O-])c(Nc2ccc(Br)cc2)n1.